The quantitative estimate of drug-likeness (QED) is 0.622. The second-order valence-electron chi connectivity index (χ2n) is 5.02. The first-order chi connectivity index (χ1) is 8.84. The average molecular weight is 260 g/mol. The number of fused-ring (bicyclic) bond motifs is 1. The molecule has 2 rings (SSSR count). The van der Waals surface area contributed by atoms with Gasteiger partial charge in [-0.05, 0) is 20.8 Å². The van der Waals surface area contributed by atoms with Crippen molar-refractivity contribution in [2.24, 2.45) is 0 Å². The SMILES string of the molecule is CC=CC=C1Cc2[nH]c(C(C)(C)O)nc2C(=O)C1=O. The van der Waals surface area contributed by atoms with E-state index in [2.05, 4.69) is 9.97 Å². The predicted octanol–water partition coefficient (Wildman–Crippen LogP) is 1.45. The van der Waals surface area contributed by atoms with Crippen LogP contribution in [-0.2, 0) is 16.8 Å². The Morgan fingerprint density at radius 2 is 2.00 bits per heavy atom. The standard InChI is InChI=1S/C14H16N2O3/c1-4-5-6-8-7-9-10(12(18)11(8)17)16-13(15-9)14(2,3)19/h4-6,19H,7H2,1-3H3,(H,15,16). The van der Waals surface area contributed by atoms with E-state index >= 15 is 0 Å². The lowest BCUT2D eigenvalue weighted by atomic mass is 9.93. The number of aromatic amines is 1. The Labute approximate surface area is 111 Å². The first-order valence-electron chi connectivity index (χ1n) is 6.07. The number of hydrogen-bond donors (Lipinski definition) is 2. The Morgan fingerprint density at radius 3 is 2.58 bits per heavy atom. The molecule has 0 bridgehead atoms. The average Bonchev–Trinajstić information content (AvgIpc) is 2.76. The molecule has 5 heteroatoms. The fourth-order valence-electron chi connectivity index (χ4n) is 1.89. The third kappa shape index (κ3) is 2.42. The molecule has 19 heavy (non-hydrogen) atoms. The first kappa shape index (κ1) is 13.4. The van der Waals surface area contributed by atoms with Gasteiger partial charge in [-0.1, -0.05) is 18.2 Å². The molecular weight excluding hydrogens is 244 g/mol. The lowest BCUT2D eigenvalue weighted by Crippen LogP contribution is -2.25. The van der Waals surface area contributed by atoms with Crippen molar-refractivity contribution in [2.45, 2.75) is 32.8 Å². The molecule has 100 valence electrons. The Bertz CT molecular complexity index is 601. The number of aromatic nitrogens is 2. The third-order valence-corrected chi connectivity index (χ3v) is 2.93. The molecular formula is C14H16N2O3. The maximum Gasteiger partial charge on any atom is 0.253 e. The van der Waals surface area contributed by atoms with Crippen LogP contribution in [0.3, 0.4) is 0 Å². The number of Topliss-reactive ketones (excluding diaryl/α,β-unsaturated/α-hetero) is 2. The van der Waals surface area contributed by atoms with Crippen molar-refractivity contribution in [3.8, 4) is 0 Å². The van der Waals surface area contributed by atoms with Gasteiger partial charge >= 0.3 is 0 Å². The van der Waals surface area contributed by atoms with Gasteiger partial charge in [-0.25, -0.2) is 4.98 Å². The van der Waals surface area contributed by atoms with Crippen LogP contribution in [0.5, 0.6) is 0 Å². The lowest BCUT2D eigenvalue weighted by molar-refractivity contribution is -0.112. The van der Waals surface area contributed by atoms with Crippen LogP contribution in [0.1, 0.15) is 42.8 Å². The second-order valence-corrected chi connectivity index (χ2v) is 5.02. The number of aliphatic hydroxyl groups is 1. The van der Waals surface area contributed by atoms with Crippen molar-refractivity contribution in [3.63, 3.8) is 0 Å². The van der Waals surface area contributed by atoms with Gasteiger partial charge in [-0.2, -0.15) is 0 Å². The van der Waals surface area contributed by atoms with Gasteiger partial charge in [-0.15, -0.1) is 0 Å². The molecule has 0 radical (unpaired) electrons. The summed E-state index contributed by atoms with van der Waals surface area (Å²) in [7, 11) is 0. The van der Waals surface area contributed by atoms with Crippen LogP contribution in [0.25, 0.3) is 0 Å². The summed E-state index contributed by atoms with van der Waals surface area (Å²) in [6, 6.07) is 0. The van der Waals surface area contributed by atoms with Gasteiger partial charge in [0.2, 0.25) is 5.78 Å². The zero-order chi connectivity index (χ0) is 14.2. The Hall–Kier alpha value is -2.01. The number of hydrogen-bond acceptors (Lipinski definition) is 4. The van der Waals surface area contributed by atoms with E-state index in [9.17, 15) is 14.7 Å². The normalized spacial score (nSPS) is 18.4. The largest absolute Gasteiger partial charge is 0.383 e. The summed E-state index contributed by atoms with van der Waals surface area (Å²) in [5.41, 5.74) is -0.0350. The zero-order valence-electron chi connectivity index (χ0n) is 11.2. The van der Waals surface area contributed by atoms with E-state index in [0.717, 1.165) is 0 Å². The fraction of sp³-hybridized carbons (Fsp3) is 0.357. The summed E-state index contributed by atoms with van der Waals surface area (Å²) < 4.78 is 0. The van der Waals surface area contributed by atoms with Gasteiger partial charge in [0.15, 0.2) is 0 Å². The van der Waals surface area contributed by atoms with E-state index in [-0.39, 0.29) is 5.69 Å². The van der Waals surface area contributed by atoms with Crippen molar-refractivity contribution < 1.29 is 14.7 Å². The van der Waals surface area contributed by atoms with E-state index in [0.29, 0.717) is 23.5 Å². The van der Waals surface area contributed by atoms with Gasteiger partial charge < -0.3 is 10.1 Å². The number of nitrogens with one attached hydrogen (secondary N) is 1. The molecule has 0 aromatic carbocycles. The fourth-order valence-corrected chi connectivity index (χ4v) is 1.89. The van der Waals surface area contributed by atoms with Crippen molar-refractivity contribution in [1.29, 1.82) is 0 Å². The minimum atomic E-state index is -1.17. The van der Waals surface area contributed by atoms with Gasteiger partial charge in [0.25, 0.3) is 5.78 Å². The minimum Gasteiger partial charge on any atom is -0.383 e. The highest BCUT2D eigenvalue weighted by Gasteiger charge is 2.34. The Balaban J connectivity index is 2.47. The molecule has 1 aromatic rings. The first-order valence-corrected chi connectivity index (χ1v) is 6.07. The van der Waals surface area contributed by atoms with Gasteiger partial charge in [0.1, 0.15) is 17.1 Å². The molecule has 0 aliphatic heterocycles. The van der Waals surface area contributed by atoms with Crippen LogP contribution in [0.4, 0.5) is 0 Å². The number of imidazole rings is 1. The summed E-state index contributed by atoms with van der Waals surface area (Å²) in [5.74, 6) is -0.853. The summed E-state index contributed by atoms with van der Waals surface area (Å²) in [5, 5.41) is 9.88. The van der Waals surface area contributed by atoms with Crippen LogP contribution in [-0.4, -0.2) is 26.6 Å². The zero-order valence-corrected chi connectivity index (χ0v) is 11.2. The van der Waals surface area contributed by atoms with E-state index in [4.69, 9.17) is 0 Å². The molecule has 1 aliphatic rings. The number of carbonyl (C=O) groups is 2. The number of nitrogens with zero attached hydrogens (tertiary/aromatic N) is 1. The number of carbonyl (C=O) groups excluding carboxylic acids is 2. The summed E-state index contributed by atoms with van der Waals surface area (Å²) in [6.45, 7) is 4.97. The molecule has 0 saturated heterocycles. The molecule has 0 amide bonds. The molecule has 1 aromatic heterocycles. The molecule has 1 heterocycles. The van der Waals surface area contributed by atoms with E-state index in [1.165, 1.54) is 0 Å². The molecule has 2 N–H and O–H groups in total. The highest BCUT2D eigenvalue weighted by molar-refractivity contribution is 6.50. The molecule has 0 atom stereocenters. The summed E-state index contributed by atoms with van der Waals surface area (Å²) in [6.07, 6.45) is 5.47. The molecule has 5 nitrogen and oxygen atoms in total. The van der Waals surface area contributed by atoms with Crippen molar-refractivity contribution in [2.75, 3.05) is 0 Å². The summed E-state index contributed by atoms with van der Waals surface area (Å²) in [4.78, 5) is 30.8. The van der Waals surface area contributed by atoms with Crippen molar-refractivity contribution in [1.82, 2.24) is 9.97 Å². The number of rotatable bonds is 2. The monoisotopic (exact) mass is 260 g/mol. The van der Waals surface area contributed by atoms with Crippen LogP contribution in [0.2, 0.25) is 0 Å². The molecule has 0 fully saturated rings. The number of allylic oxidation sites excluding steroid dienone is 4. The van der Waals surface area contributed by atoms with Crippen LogP contribution >= 0.6 is 0 Å². The predicted molar refractivity (Wildman–Crippen MR) is 69.8 cm³/mol. The van der Waals surface area contributed by atoms with Crippen molar-refractivity contribution in [3.05, 3.63) is 41.0 Å². The van der Waals surface area contributed by atoms with Crippen molar-refractivity contribution >= 4 is 11.6 Å². The molecule has 0 spiro atoms. The maximum atomic E-state index is 12.0. The Morgan fingerprint density at radius 1 is 1.32 bits per heavy atom. The molecule has 0 saturated carbocycles. The molecule has 0 unspecified atom stereocenters. The van der Waals surface area contributed by atoms with Crippen LogP contribution in [0, 0.1) is 0 Å². The highest BCUT2D eigenvalue weighted by Crippen LogP contribution is 2.25. The molecule has 1 aliphatic carbocycles. The van der Waals surface area contributed by atoms with E-state index < -0.39 is 17.2 Å². The van der Waals surface area contributed by atoms with Gasteiger partial charge in [0.05, 0.1) is 5.69 Å². The highest BCUT2D eigenvalue weighted by atomic mass is 16.3. The number of ketones is 2. The second kappa shape index (κ2) is 4.59. The third-order valence-electron chi connectivity index (χ3n) is 2.93. The summed E-state index contributed by atoms with van der Waals surface area (Å²) >= 11 is 0. The van der Waals surface area contributed by atoms with E-state index in [1.807, 2.05) is 6.92 Å². The van der Waals surface area contributed by atoms with Gasteiger partial charge in [0, 0.05) is 12.0 Å². The van der Waals surface area contributed by atoms with Crippen LogP contribution < -0.4 is 0 Å². The minimum absolute atomic E-state index is 0.125. The topological polar surface area (TPSA) is 83.0 Å². The van der Waals surface area contributed by atoms with E-state index in [1.54, 1.807) is 32.1 Å². The van der Waals surface area contributed by atoms with Crippen LogP contribution in [0.15, 0.2) is 23.8 Å². The Kier molecular flexibility index (Phi) is 3.24. The number of H-pyrrole nitrogens is 1. The maximum absolute atomic E-state index is 12.0. The lowest BCUT2D eigenvalue weighted by Gasteiger charge is -2.12. The smallest absolute Gasteiger partial charge is 0.253 e. The van der Waals surface area contributed by atoms with Gasteiger partial charge in [-0.3, -0.25) is 9.59 Å².